The van der Waals surface area contributed by atoms with Crippen LogP contribution in [0.25, 0.3) is 0 Å². The van der Waals surface area contributed by atoms with Gasteiger partial charge in [-0.1, -0.05) is 29.4 Å². The third-order valence-corrected chi connectivity index (χ3v) is 4.06. The van der Waals surface area contributed by atoms with E-state index in [4.69, 9.17) is 22.6 Å². The molecule has 8 heteroatoms. The van der Waals surface area contributed by atoms with Crippen LogP contribution in [0.15, 0.2) is 29.6 Å². The van der Waals surface area contributed by atoms with Gasteiger partial charge in [0.1, 0.15) is 17.5 Å². The van der Waals surface area contributed by atoms with E-state index in [0.717, 1.165) is 17.3 Å². The van der Waals surface area contributed by atoms with Crippen molar-refractivity contribution in [1.82, 2.24) is 9.97 Å². The molecule has 0 saturated carbocycles. The molecule has 0 aliphatic carbocycles. The normalized spacial score (nSPS) is 10.0. The Labute approximate surface area is 136 Å². The second-order valence-electron chi connectivity index (χ2n) is 4.31. The molecular weight excluding hydrogens is 322 g/mol. The summed E-state index contributed by atoms with van der Waals surface area (Å²) in [4.78, 5) is 19.9. The fraction of sp³-hybridized carbons (Fsp3) is 0.143. The minimum atomic E-state index is -0.207. The summed E-state index contributed by atoms with van der Waals surface area (Å²) < 4.78 is 0. The number of thioether (sulfide) groups is 1. The fourth-order valence-corrected chi connectivity index (χ4v) is 2.39. The molecule has 0 aliphatic rings. The number of nitrogen functional groups attached to an aromatic ring is 1. The third-order valence-electron chi connectivity index (χ3n) is 2.79. The maximum absolute atomic E-state index is 11.9. The largest absolute Gasteiger partial charge is 0.382 e. The van der Waals surface area contributed by atoms with Gasteiger partial charge in [0.2, 0.25) is 5.91 Å². The lowest BCUT2D eigenvalue weighted by Crippen LogP contribution is -2.15. The number of anilines is 2. The Morgan fingerprint density at radius 2 is 2.32 bits per heavy atom. The number of benzene rings is 1. The van der Waals surface area contributed by atoms with E-state index < -0.39 is 0 Å². The lowest BCUT2D eigenvalue weighted by molar-refractivity contribution is -0.113. The van der Waals surface area contributed by atoms with Gasteiger partial charge in [-0.05, 0) is 24.6 Å². The number of hydrogen-bond acceptors (Lipinski definition) is 6. The number of rotatable bonds is 4. The molecule has 0 radical (unpaired) electrons. The van der Waals surface area contributed by atoms with Crippen molar-refractivity contribution in [2.45, 2.75) is 12.1 Å². The van der Waals surface area contributed by atoms with Crippen molar-refractivity contribution < 1.29 is 4.79 Å². The highest BCUT2D eigenvalue weighted by atomic mass is 35.5. The average Bonchev–Trinajstić information content (AvgIpc) is 2.50. The van der Waals surface area contributed by atoms with Gasteiger partial charge in [0.25, 0.3) is 0 Å². The molecule has 0 bridgehead atoms. The number of carbonyl (C=O) groups excluding carboxylic acids is 1. The molecule has 0 fully saturated rings. The van der Waals surface area contributed by atoms with Gasteiger partial charge in [-0.2, -0.15) is 5.26 Å². The highest BCUT2D eigenvalue weighted by molar-refractivity contribution is 7.99. The number of nitriles is 1. The lowest BCUT2D eigenvalue weighted by Gasteiger charge is -2.09. The van der Waals surface area contributed by atoms with Gasteiger partial charge >= 0.3 is 0 Å². The second-order valence-corrected chi connectivity index (χ2v) is 5.66. The fourth-order valence-electron chi connectivity index (χ4n) is 1.59. The van der Waals surface area contributed by atoms with E-state index in [2.05, 4.69) is 15.3 Å². The zero-order valence-electron chi connectivity index (χ0n) is 11.6. The summed E-state index contributed by atoms with van der Waals surface area (Å²) in [5, 5.41) is 12.5. The van der Waals surface area contributed by atoms with Gasteiger partial charge in [-0.15, -0.1) is 0 Å². The first-order valence-electron chi connectivity index (χ1n) is 6.21. The van der Waals surface area contributed by atoms with Crippen LogP contribution in [-0.4, -0.2) is 21.6 Å². The molecule has 3 N–H and O–H groups in total. The van der Waals surface area contributed by atoms with Crippen molar-refractivity contribution in [3.63, 3.8) is 0 Å². The van der Waals surface area contributed by atoms with Crippen molar-refractivity contribution in [1.29, 1.82) is 5.26 Å². The van der Waals surface area contributed by atoms with Gasteiger partial charge < -0.3 is 11.1 Å². The number of halogens is 1. The molecule has 2 aromatic rings. The average molecular weight is 334 g/mol. The summed E-state index contributed by atoms with van der Waals surface area (Å²) in [6.45, 7) is 1.83. The summed E-state index contributed by atoms with van der Waals surface area (Å²) in [5.74, 6) is 0.0186. The van der Waals surface area contributed by atoms with E-state index >= 15 is 0 Å². The number of aromatic nitrogens is 2. The zero-order valence-corrected chi connectivity index (χ0v) is 13.2. The summed E-state index contributed by atoms with van der Waals surface area (Å²) in [5.41, 5.74) is 7.28. The molecule has 1 aromatic carbocycles. The second kappa shape index (κ2) is 7.11. The van der Waals surface area contributed by atoms with Gasteiger partial charge in [-0.25, -0.2) is 9.97 Å². The number of nitrogens with zero attached hydrogens (tertiary/aromatic N) is 3. The van der Waals surface area contributed by atoms with Crippen LogP contribution in [0.1, 0.15) is 11.1 Å². The molecule has 0 unspecified atom stereocenters. The molecular formula is C14H12ClN5OS. The predicted octanol–water partition coefficient (Wildman–Crippen LogP) is 2.62. The SMILES string of the molecule is Cc1c(Cl)cccc1NC(=O)CSc1ncc(C#N)c(N)n1. The van der Waals surface area contributed by atoms with Gasteiger partial charge in [0.15, 0.2) is 5.16 Å². The summed E-state index contributed by atoms with van der Waals surface area (Å²) in [6.07, 6.45) is 1.34. The molecule has 6 nitrogen and oxygen atoms in total. The number of hydrogen-bond donors (Lipinski definition) is 2. The van der Waals surface area contributed by atoms with Crippen LogP contribution in [0, 0.1) is 18.3 Å². The Balaban J connectivity index is 1.97. The number of nitrogens with two attached hydrogens (primary N) is 1. The first-order chi connectivity index (χ1) is 10.5. The van der Waals surface area contributed by atoms with Crippen molar-refractivity contribution in [2.24, 2.45) is 0 Å². The van der Waals surface area contributed by atoms with E-state index in [1.807, 2.05) is 13.0 Å². The Morgan fingerprint density at radius 1 is 1.55 bits per heavy atom. The van der Waals surface area contributed by atoms with Crippen molar-refractivity contribution in [3.05, 3.63) is 40.5 Å². The predicted molar refractivity (Wildman–Crippen MR) is 86.7 cm³/mol. The monoisotopic (exact) mass is 333 g/mol. The molecule has 112 valence electrons. The number of carbonyl (C=O) groups is 1. The smallest absolute Gasteiger partial charge is 0.234 e. The Bertz CT molecular complexity index is 759. The van der Waals surface area contributed by atoms with E-state index in [1.54, 1.807) is 18.2 Å². The molecule has 0 spiro atoms. The maximum atomic E-state index is 11.9. The third kappa shape index (κ3) is 3.87. The Morgan fingerprint density at radius 3 is 3.00 bits per heavy atom. The molecule has 0 aliphatic heterocycles. The van der Waals surface area contributed by atoms with Gasteiger partial charge in [-0.3, -0.25) is 4.79 Å². The van der Waals surface area contributed by atoms with Crippen molar-refractivity contribution in [3.8, 4) is 6.07 Å². The van der Waals surface area contributed by atoms with E-state index in [0.29, 0.717) is 15.9 Å². The molecule has 2 rings (SSSR count). The molecule has 22 heavy (non-hydrogen) atoms. The van der Waals surface area contributed by atoms with Crippen LogP contribution in [-0.2, 0) is 4.79 Å². The van der Waals surface area contributed by atoms with E-state index in [-0.39, 0.29) is 23.0 Å². The zero-order chi connectivity index (χ0) is 16.1. The highest BCUT2D eigenvalue weighted by Crippen LogP contribution is 2.23. The Hall–Kier alpha value is -2.30. The minimum Gasteiger partial charge on any atom is -0.382 e. The molecule has 0 saturated heterocycles. The topological polar surface area (TPSA) is 105 Å². The number of amides is 1. The van der Waals surface area contributed by atoms with Crippen LogP contribution in [0.5, 0.6) is 0 Å². The molecule has 1 heterocycles. The maximum Gasteiger partial charge on any atom is 0.234 e. The lowest BCUT2D eigenvalue weighted by atomic mass is 10.2. The first kappa shape index (κ1) is 16.1. The quantitative estimate of drug-likeness (QED) is 0.658. The van der Waals surface area contributed by atoms with Crippen LogP contribution in [0.3, 0.4) is 0 Å². The molecule has 0 atom stereocenters. The van der Waals surface area contributed by atoms with E-state index in [9.17, 15) is 4.79 Å². The summed E-state index contributed by atoms with van der Waals surface area (Å²) in [6, 6.07) is 7.18. The van der Waals surface area contributed by atoms with E-state index in [1.165, 1.54) is 6.20 Å². The van der Waals surface area contributed by atoms with Crippen molar-refractivity contribution >= 4 is 40.8 Å². The van der Waals surface area contributed by atoms with Crippen LogP contribution in [0.2, 0.25) is 5.02 Å². The van der Waals surface area contributed by atoms with Crippen molar-refractivity contribution in [2.75, 3.05) is 16.8 Å². The summed E-state index contributed by atoms with van der Waals surface area (Å²) in [7, 11) is 0. The highest BCUT2D eigenvalue weighted by Gasteiger charge is 2.09. The van der Waals surface area contributed by atoms with Crippen LogP contribution >= 0.6 is 23.4 Å². The van der Waals surface area contributed by atoms with Gasteiger partial charge in [0, 0.05) is 10.7 Å². The summed E-state index contributed by atoms with van der Waals surface area (Å²) >= 11 is 7.13. The molecule has 1 amide bonds. The van der Waals surface area contributed by atoms with Crippen LogP contribution < -0.4 is 11.1 Å². The Kier molecular flexibility index (Phi) is 5.20. The number of nitrogens with one attached hydrogen (secondary N) is 1. The standard InChI is InChI=1S/C14H12ClN5OS/c1-8-10(15)3-2-4-11(8)19-12(21)7-22-14-18-6-9(5-16)13(17)20-14/h2-4,6H,7H2,1H3,(H,19,21)(H2,17,18,20). The minimum absolute atomic E-state index is 0.103. The molecule has 1 aromatic heterocycles. The first-order valence-corrected chi connectivity index (χ1v) is 7.58. The van der Waals surface area contributed by atoms with Gasteiger partial charge in [0.05, 0.1) is 11.9 Å². The van der Waals surface area contributed by atoms with Crippen LogP contribution in [0.4, 0.5) is 11.5 Å².